The third kappa shape index (κ3) is 3.62. The van der Waals surface area contributed by atoms with Gasteiger partial charge in [-0.25, -0.2) is 4.39 Å². The number of anilines is 1. The van der Waals surface area contributed by atoms with Gasteiger partial charge in [0, 0.05) is 27.0 Å². The Morgan fingerprint density at radius 1 is 0.939 bits per heavy atom. The van der Waals surface area contributed by atoms with E-state index in [0.29, 0.717) is 11.4 Å². The van der Waals surface area contributed by atoms with Crippen molar-refractivity contribution < 1.29 is 13.7 Å². The number of carbonyl (C=O) groups is 1. The summed E-state index contributed by atoms with van der Waals surface area (Å²) in [5.41, 5.74) is 2.97. The SMILES string of the molecule is O=C1c2ccccc2Sc2cc(-c3noc(-c4cccc(F)c4)n3)ccc2N1C1CCCC1. The van der Waals surface area contributed by atoms with Gasteiger partial charge in [0.1, 0.15) is 5.82 Å². The number of benzene rings is 3. The Labute approximate surface area is 194 Å². The quantitative estimate of drug-likeness (QED) is 0.347. The highest BCUT2D eigenvalue weighted by molar-refractivity contribution is 7.99. The van der Waals surface area contributed by atoms with Gasteiger partial charge < -0.3 is 9.42 Å². The fraction of sp³-hybridized carbons (Fsp3) is 0.192. The van der Waals surface area contributed by atoms with Crippen LogP contribution in [-0.4, -0.2) is 22.1 Å². The standard InChI is InChI=1S/C26H20FN3O2S/c27-18-7-5-6-17(14-18)25-28-24(29-32-25)16-12-13-21-23(15-16)33-22-11-4-3-10-20(22)26(31)30(21)19-8-1-2-9-19/h3-7,10-15,19H,1-2,8-9H2. The zero-order valence-corrected chi connectivity index (χ0v) is 18.5. The number of carbonyl (C=O) groups excluding carboxylic acids is 1. The Hall–Kier alpha value is -3.45. The van der Waals surface area contributed by atoms with Crippen molar-refractivity contribution >= 4 is 23.4 Å². The summed E-state index contributed by atoms with van der Waals surface area (Å²) in [6, 6.07) is 20.0. The van der Waals surface area contributed by atoms with Gasteiger partial charge in [0.2, 0.25) is 5.82 Å². The minimum atomic E-state index is -0.357. The molecule has 7 heteroatoms. The molecular weight excluding hydrogens is 437 g/mol. The molecule has 1 aliphatic carbocycles. The third-order valence-electron chi connectivity index (χ3n) is 6.22. The summed E-state index contributed by atoms with van der Waals surface area (Å²) in [6.45, 7) is 0. The molecule has 6 rings (SSSR count). The number of nitrogens with zero attached hydrogens (tertiary/aromatic N) is 3. The Kier molecular flexibility index (Phi) is 4.99. The maximum Gasteiger partial charge on any atom is 0.259 e. The minimum Gasteiger partial charge on any atom is -0.334 e. The summed E-state index contributed by atoms with van der Waals surface area (Å²) >= 11 is 1.59. The van der Waals surface area contributed by atoms with Crippen molar-refractivity contribution in [3.8, 4) is 22.8 Å². The second-order valence-electron chi connectivity index (χ2n) is 8.33. The Morgan fingerprint density at radius 3 is 2.64 bits per heavy atom. The van der Waals surface area contributed by atoms with E-state index in [1.54, 1.807) is 23.9 Å². The molecule has 0 radical (unpaired) electrons. The summed E-state index contributed by atoms with van der Waals surface area (Å²) in [5.74, 6) is 0.391. The first-order valence-electron chi connectivity index (χ1n) is 11.0. The molecule has 2 heterocycles. The molecule has 164 valence electrons. The van der Waals surface area contributed by atoms with Gasteiger partial charge in [-0.3, -0.25) is 4.79 Å². The maximum atomic E-state index is 13.6. The average Bonchev–Trinajstić information content (AvgIpc) is 3.51. The number of amides is 1. The lowest BCUT2D eigenvalue weighted by Crippen LogP contribution is -2.39. The first kappa shape index (κ1) is 20.2. The number of halogens is 1. The zero-order valence-electron chi connectivity index (χ0n) is 17.7. The Morgan fingerprint density at radius 2 is 1.79 bits per heavy atom. The van der Waals surface area contributed by atoms with Gasteiger partial charge in [0.15, 0.2) is 0 Å². The van der Waals surface area contributed by atoms with Crippen molar-refractivity contribution in [2.24, 2.45) is 0 Å². The Bertz CT molecular complexity index is 1360. The molecular formula is C26H20FN3O2S. The van der Waals surface area contributed by atoms with Crippen LogP contribution in [0.4, 0.5) is 10.1 Å². The van der Waals surface area contributed by atoms with Crippen molar-refractivity contribution in [3.63, 3.8) is 0 Å². The molecule has 33 heavy (non-hydrogen) atoms. The number of hydrogen-bond donors (Lipinski definition) is 0. The van der Waals surface area contributed by atoms with Crippen LogP contribution < -0.4 is 4.90 Å². The van der Waals surface area contributed by atoms with E-state index in [1.165, 1.54) is 12.1 Å². The molecule has 2 aliphatic rings. The van der Waals surface area contributed by atoms with Crippen molar-refractivity contribution in [3.05, 3.63) is 78.1 Å². The lowest BCUT2D eigenvalue weighted by molar-refractivity contribution is 0.0974. The van der Waals surface area contributed by atoms with Gasteiger partial charge in [-0.2, -0.15) is 4.98 Å². The molecule has 0 N–H and O–H groups in total. The van der Waals surface area contributed by atoms with Crippen LogP contribution in [0.15, 0.2) is 81.0 Å². The highest BCUT2D eigenvalue weighted by Gasteiger charge is 2.34. The number of hydrogen-bond acceptors (Lipinski definition) is 5. The largest absolute Gasteiger partial charge is 0.334 e. The molecule has 0 unspecified atom stereocenters. The fourth-order valence-electron chi connectivity index (χ4n) is 4.63. The summed E-state index contributed by atoms with van der Waals surface area (Å²) in [4.78, 5) is 22.0. The summed E-state index contributed by atoms with van der Waals surface area (Å²) in [5, 5.41) is 4.12. The highest BCUT2D eigenvalue weighted by Crippen LogP contribution is 2.45. The van der Waals surface area contributed by atoms with Crippen molar-refractivity contribution in [2.75, 3.05) is 4.90 Å². The van der Waals surface area contributed by atoms with Crippen LogP contribution in [0.5, 0.6) is 0 Å². The van der Waals surface area contributed by atoms with Gasteiger partial charge in [-0.05, 0) is 61.4 Å². The second-order valence-corrected chi connectivity index (χ2v) is 9.41. The number of fused-ring (bicyclic) bond motifs is 2. The normalized spacial score (nSPS) is 15.9. The monoisotopic (exact) mass is 457 g/mol. The summed E-state index contributed by atoms with van der Waals surface area (Å²) < 4.78 is 19.0. The molecule has 0 atom stereocenters. The fourth-order valence-corrected chi connectivity index (χ4v) is 5.73. The predicted octanol–water partition coefficient (Wildman–Crippen LogP) is 6.60. The molecule has 1 amide bonds. The van der Waals surface area contributed by atoms with Gasteiger partial charge >= 0.3 is 0 Å². The van der Waals surface area contributed by atoms with Crippen molar-refractivity contribution in [1.82, 2.24) is 10.1 Å². The van der Waals surface area contributed by atoms with Crippen LogP contribution in [0.3, 0.4) is 0 Å². The van der Waals surface area contributed by atoms with Crippen LogP contribution >= 0.6 is 11.8 Å². The van der Waals surface area contributed by atoms with Crippen LogP contribution in [0.2, 0.25) is 0 Å². The van der Waals surface area contributed by atoms with Crippen molar-refractivity contribution in [2.45, 2.75) is 41.5 Å². The van der Waals surface area contributed by atoms with E-state index >= 15 is 0 Å². The molecule has 4 aromatic rings. The van der Waals surface area contributed by atoms with Gasteiger partial charge in [0.25, 0.3) is 11.8 Å². The molecule has 1 fully saturated rings. The number of aromatic nitrogens is 2. The topological polar surface area (TPSA) is 59.2 Å². The van der Waals surface area contributed by atoms with Gasteiger partial charge in [0.05, 0.1) is 11.3 Å². The number of rotatable bonds is 3. The van der Waals surface area contributed by atoms with Gasteiger partial charge in [-0.15, -0.1) is 0 Å². The smallest absolute Gasteiger partial charge is 0.259 e. The maximum absolute atomic E-state index is 13.6. The van der Waals surface area contributed by atoms with Crippen molar-refractivity contribution in [1.29, 1.82) is 0 Å². The zero-order chi connectivity index (χ0) is 22.4. The average molecular weight is 458 g/mol. The molecule has 3 aromatic carbocycles. The van der Waals surface area contributed by atoms with E-state index in [4.69, 9.17) is 4.52 Å². The molecule has 0 bridgehead atoms. The molecule has 1 aliphatic heterocycles. The molecule has 1 saturated carbocycles. The van der Waals surface area contributed by atoms with E-state index in [0.717, 1.165) is 52.3 Å². The van der Waals surface area contributed by atoms with Crippen LogP contribution in [-0.2, 0) is 0 Å². The van der Waals surface area contributed by atoms with Gasteiger partial charge in [-0.1, -0.05) is 48.0 Å². The first-order chi connectivity index (χ1) is 16.2. The van der Waals surface area contributed by atoms with E-state index in [9.17, 15) is 9.18 Å². The highest BCUT2D eigenvalue weighted by atomic mass is 32.2. The molecule has 1 aromatic heterocycles. The molecule has 0 spiro atoms. The first-order valence-corrected chi connectivity index (χ1v) is 11.8. The molecule has 0 saturated heterocycles. The van der Waals surface area contributed by atoms with Crippen LogP contribution in [0, 0.1) is 5.82 Å². The Balaban J connectivity index is 1.43. The van der Waals surface area contributed by atoms with E-state index in [-0.39, 0.29) is 23.7 Å². The summed E-state index contributed by atoms with van der Waals surface area (Å²) in [6.07, 6.45) is 4.31. The second kappa shape index (κ2) is 8.15. The third-order valence-corrected chi connectivity index (χ3v) is 7.34. The van der Waals surface area contributed by atoms with E-state index < -0.39 is 0 Å². The molecule has 5 nitrogen and oxygen atoms in total. The van der Waals surface area contributed by atoms with Crippen LogP contribution in [0.25, 0.3) is 22.8 Å². The van der Waals surface area contributed by atoms with Crippen LogP contribution in [0.1, 0.15) is 36.0 Å². The predicted molar refractivity (Wildman–Crippen MR) is 125 cm³/mol. The summed E-state index contributed by atoms with van der Waals surface area (Å²) in [7, 11) is 0. The van der Waals surface area contributed by atoms with E-state index in [1.807, 2.05) is 47.4 Å². The lowest BCUT2D eigenvalue weighted by atomic mass is 10.1. The lowest BCUT2D eigenvalue weighted by Gasteiger charge is -2.29. The minimum absolute atomic E-state index is 0.0597. The van der Waals surface area contributed by atoms with E-state index in [2.05, 4.69) is 10.1 Å².